The fraction of sp³-hybridized carbons (Fsp3) is 0.310. The quantitative estimate of drug-likeness (QED) is 0.355. The van der Waals surface area contributed by atoms with Crippen LogP contribution in [0.25, 0.3) is 0 Å². The van der Waals surface area contributed by atoms with Crippen LogP contribution < -0.4 is 20.4 Å². The Morgan fingerprint density at radius 3 is 1.81 bits per heavy atom. The standard InChI is InChI=1S/C29H32N4O4/c1-5-31(6-2)19-10-13-22-25(16-19)37-26-17-20(32(7-3)8-4)11-14-23(26)29(22)24-15-18(28(35)36)9-12-21(24)27(34)33(29)30/h9-17H,5-8,30H2,1-4H3,(H,35,36). The van der Waals surface area contributed by atoms with E-state index in [1.165, 1.54) is 11.1 Å². The van der Waals surface area contributed by atoms with Crippen molar-refractivity contribution >= 4 is 23.3 Å². The smallest absolute Gasteiger partial charge is 0.335 e. The topological polar surface area (TPSA) is 99.3 Å². The molecule has 0 radical (unpaired) electrons. The fourth-order valence-electron chi connectivity index (χ4n) is 5.75. The highest BCUT2D eigenvalue weighted by Crippen LogP contribution is 2.57. The Labute approximate surface area is 216 Å². The van der Waals surface area contributed by atoms with Crippen LogP contribution in [0, 0.1) is 0 Å². The van der Waals surface area contributed by atoms with Crippen LogP contribution in [0.4, 0.5) is 11.4 Å². The van der Waals surface area contributed by atoms with Crippen LogP contribution in [-0.4, -0.2) is 48.2 Å². The lowest BCUT2D eigenvalue weighted by atomic mass is 9.75. The lowest BCUT2D eigenvalue weighted by Crippen LogP contribution is -2.51. The van der Waals surface area contributed by atoms with Crippen LogP contribution in [0.5, 0.6) is 11.5 Å². The van der Waals surface area contributed by atoms with Crippen LogP contribution in [0.3, 0.4) is 0 Å². The molecule has 0 atom stereocenters. The molecule has 0 bridgehead atoms. The molecule has 0 saturated heterocycles. The van der Waals surface area contributed by atoms with Crippen molar-refractivity contribution in [3.05, 3.63) is 82.4 Å². The van der Waals surface area contributed by atoms with Gasteiger partial charge in [-0.3, -0.25) is 9.80 Å². The van der Waals surface area contributed by atoms with Gasteiger partial charge in [-0.2, -0.15) is 0 Å². The molecule has 3 aromatic rings. The first kappa shape index (κ1) is 24.6. The molecule has 0 unspecified atom stereocenters. The molecule has 2 heterocycles. The lowest BCUT2D eigenvalue weighted by molar-refractivity contribution is 0.0664. The summed E-state index contributed by atoms with van der Waals surface area (Å²) < 4.78 is 6.54. The summed E-state index contributed by atoms with van der Waals surface area (Å²) in [5, 5.41) is 11.0. The van der Waals surface area contributed by atoms with Gasteiger partial charge in [0.05, 0.1) is 5.56 Å². The van der Waals surface area contributed by atoms with Gasteiger partial charge in [0.25, 0.3) is 5.91 Å². The predicted octanol–water partition coefficient (Wildman–Crippen LogP) is 4.80. The number of aromatic carboxylic acids is 1. The number of hydrazine groups is 1. The third kappa shape index (κ3) is 3.47. The molecule has 192 valence electrons. The van der Waals surface area contributed by atoms with Crippen LogP contribution in [0.15, 0.2) is 54.6 Å². The zero-order chi connectivity index (χ0) is 26.5. The molecular weight excluding hydrogens is 468 g/mol. The van der Waals surface area contributed by atoms with Crippen molar-refractivity contribution < 1.29 is 19.4 Å². The van der Waals surface area contributed by atoms with Crippen LogP contribution >= 0.6 is 0 Å². The first-order valence-corrected chi connectivity index (χ1v) is 12.8. The normalized spacial score (nSPS) is 14.6. The van der Waals surface area contributed by atoms with E-state index in [1.54, 1.807) is 12.1 Å². The molecule has 0 aliphatic carbocycles. The maximum absolute atomic E-state index is 13.5. The van der Waals surface area contributed by atoms with Gasteiger partial charge in [-0.15, -0.1) is 0 Å². The Morgan fingerprint density at radius 2 is 1.35 bits per heavy atom. The minimum Gasteiger partial charge on any atom is -0.478 e. The molecule has 1 amide bonds. The number of carboxylic acid groups (broad SMARTS) is 1. The van der Waals surface area contributed by atoms with E-state index in [4.69, 9.17) is 10.6 Å². The van der Waals surface area contributed by atoms with Crippen LogP contribution in [-0.2, 0) is 5.54 Å². The second-order valence-electron chi connectivity index (χ2n) is 9.26. The molecule has 37 heavy (non-hydrogen) atoms. The van der Waals surface area contributed by atoms with Gasteiger partial charge >= 0.3 is 5.97 Å². The van der Waals surface area contributed by atoms with Gasteiger partial charge < -0.3 is 19.6 Å². The number of nitrogens with zero attached hydrogens (tertiary/aromatic N) is 3. The third-order valence-electron chi connectivity index (χ3n) is 7.65. The molecular formula is C29H32N4O4. The van der Waals surface area contributed by atoms with Gasteiger partial charge in [0.15, 0.2) is 0 Å². The monoisotopic (exact) mass is 500 g/mol. The molecule has 3 aromatic carbocycles. The summed E-state index contributed by atoms with van der Waals surface area (Å²) in [7, 11) is 0. The van der Waals surface area contributed by atoms with E-state index in [2.05, 4.69) is 37.5 Å². The third-order valence-corrected chi connectivity index (χ3v) is 7.65. The van der Waals surface area contributed by atoms with Gasteiger partial charge in [-0.25, -0.2) is 10.6 Å². The number of hydrogen-bond donors (Lipinski definition) is 2. The zero-order valence-corrected chi connectivity index (χ0v) is 21.6. The molecule has 1 spiro atoms. The van der Waals surface area contributed by atoms with Crippen molar-refractivity contribution in [1.82, 2.24) is 5.01 Å². The summed E-state index contributed by atoms with van der Waals surface area (Å²) in [5.41, 5.74) is 3.17. The molecule has 0 aromatic heterocycles. The summed E-state index contributed by atoms with van der Waals surface area (Å²) in [6, 6.07) is 16.4. The first-order chi connectivity index (χ1) is 17.8. The highest BCUT2D eigenvalue weighted by atomic mass is 16.5. The maximum Gasteiger partial charge on any atom is 0.335 e. The molecule has 0 fully saturated rings. The number of fused-ring (bicyclic) bond motifs is 6. The molecule has 2 aliphatic rings. The Balaban J connectivity index is 1.84. The summed E-state index contributed by atoms with van der Waals surface area (Å²) >= 11 is 0. The molecule has 2 aliphatic heterocycles. The minimum absolute atomic E-state index is 0.0929. The second-order valence-corrected chi connectivity index (χ2v) is 9.26. The summed E-state index contributed by atoms with van der Waals surface area (Å²) in [4.78, 5) is 29.9. The predicted molar refractivity (Wildman–Crippen MR) is 144 cm³/mol. The van der Waals surface area contributed by atoms with E-state index >= 15 is 0 Å². The van der Waals surface area contributed by atoms with Gasteiger partial charge in [-0.05, 0) is 58.0 Å². The van der Waals surface area contributed by atoms with E-state index in [0.29, 0.717) is 33.8 Å². The van der Waals surface area contributed by atoms with E-state index in [1.807, 2.05) is 36.4 Å². The summed E-state index contributed by atoms with van der Waals surface area (Å²) in [6.07, 6.45) is 0. The molecule has 8 nitrogen and oxygen atoms in total. The summed E-state index contributed by atoms with van der Waals surface area (Å²) in [5.74, 6) is 6.39. The fourth-order valence-corrected chi connectivity index (χ4v) is 5.75. The molecule has 0 saturated carbocycles. The number of ether oxygens (including phenoxy) is 1. The Bertz CT molecular complexity index is 1330. The van der Waals surface area contributed by atoms with Gasteiger partial charge in [0.2, 0.25) is 0 Å². The maximum atomic E-state index is 13.5. The number of carbonyl (C=O) groups is 2. The first-order valence-electron chi connectivity index (χ1n) is 12.8. The van der Waals surface area contributed by atoms with Gasteiger partial charge in [0, 0.05) is 71.9 Å². The molecule has 3 N–H and O–H groups in total. The van der Waals surface area contributed by atoms with E-state index < -0.39 is 11.5 Å². The number of rotatable bonds is 7. The Kier molecular flexibility index (Phi) is 6.07. The minimum atomic E-state index is -1.23. The number of carboxylic acids is 1. The number of hydrogen-bond acceptors (Lipinski definition) is 6. The number of amides is 1. The van der Waals surface area contributed by atoms with E-state index in [0.717, 1.165) is 37.6 Å². The van der Waals surface area contributed by atoms with Gasteiger partial charge in [0.1, 0.15) is 17.0 Å². The van der Waals surface area contributed by atoms with Crippen LogP contribution in [0.1, 0.15) is 65.1 Å². The van der Waals surface area contributed by atoms with E-state index in [9.17, 15) is 14.7 Å². The number of carbonyl (C=O) groups excluding carboxylic acids is 1. The van der Waals surface area contributed by atoms with E-state index in [-0.39, 0.29) is 11.5 Å². The van der Waals surface area contributed by atoms with Crippen molar-refractivity contribution in [2.24, 2.45) is 5.84 Å². The molecule has 8 heteroatoms. The number of anilines is 2. The van der Waals surface area contributed by atoms with Crippen molar-refractivity contribution in [3.63, 3.8) is 0 Å². The van der Waals surface area contributed by atoms with Crippen molar-refractivity contribution in [1.29, 1.82) is 0 Å². The lowest BCUT2D eigenvalue weighted by Gasteiger charge is -2.42. The SMILES string of the molecule is CCN(CC)c1ccc2c(c1)Oc1cc(N(CC)CC)ccc1C21c2cc(C(=O)O)ccc2C(=O)N1N. The van der Waals surface area contributed by atoms with Gasteiger partial charge in [-0.1, -0.05) is 12.1 Å². The van der Waals surface area contributed by atoms with Crippen LogP contribution in [0.2, 0.25) is 0 Å². The van der Waals surface area contributed by atoms with Crippen molar-refractivity contribution in [3.8, 4) is 11.5 Å². The van der Waals surface area contributed by atoms with Crippen molar-refractivity contribution in [2.45, 2.75) is 33.2 Å². The van der Waals surface area contributed by atoms with Crippen molar-refractivity contribution in [2.75, 3.05) is 36.0 Å². The number of benzene rings is 3. The average Bonchev–Trinajstić information content (AvgIpc) is 3.12. The highest BCUT2D eigenvalue weighted by molar-refractivity contribution is 6.03. The average molecular weight is 501 g/mol. The molecule has 5 rings (SSSR count). The number of nitrogens with two attached hydrogens (primary N) is 1. The largest absolute Gasteiger partial charge is 0.478 e. The zero-order valence-electron chi connectivity index (χ0n) is 21.6. The second kappa shape index (κ2) is 9.12. The Morgan fingerprint density at radius 1 is 0.838 bits per heavy atom. The highest BCUT2D eigenvalue weighted by Gasteiger charge is 2.56. The summed E-state index contributed by atoms with van der Waals surface area (Å²) in [6.45, 7) is 11.7. The Hall–Kier alpha value is -4.04.